The number of ether oxygens (including phenoxy) is 1. The summed E-state index contributed by atoms with van der Waals surface area (Å²) in [6.07, 6.45) is 5.02. The van der Waals surface area contributed by atoms with Crippen molar-refractivity contribution >= 4 is 17.3 Å². The van der Waals surface area contributed by atoms with E-state index in [0.717, 1.165) is 60.9 Å². The molecular weight excluding hydrogens is 430 g/mol. The number of carbonyl (C=O) groups excluding carboxylic acids is 1. The highest BCUT2D eigenvalue weighted by Crippen LogP contribution is 2.49. The fraction of sp³-hybridized carbons (Fsp3) is 0.393. The summed E-state index contributed by atoms with van der Waals surface area (Å²) in [5.74, 6) is -0.514. The van der Waals surface area contributed by atoms with Crippen molar-refractivity contribution in [1.29, 1.82) is 0 Å². The number of benzene rings is 2. The lowest BCUT2D eigenvalue weighted by Crippen LogP contribution is -2.66. The molecule has 0 spiro atoms. The van der Waals surface area contributed by atoms with Crippen LogP contribution in [0.25, 0.3) is 11.1 Å². The smallest absolute Gasteiger partial charge is 0.348 e. The Bertz CT molecular complexity index is 1120. The molecule has 7 rings (SSSR count). The number of aryl methyl sites for hydroxylation is 1. The number of nitrogens with zero attached hydrogens (tertiary/aromatic N) is 1. The van der Waals surface area contributed by atoms with Gasteiger partial charge in [0.1, 0.15) is 5.60 Å². The maximum Gasteiger partial charge on any atom is 0.348 e. The Balaban J connectivity index is 1.18. The third-order valence-corrected chi connectivity index (χ3v) is 9.23. The second-order valence-corrected chi connectivity index (χ2v) is 11.1. The Morgan fingerprint density at radius 3 is 2.09 bits per heavy atom. The molecule has 33 heavy (non-hydrogen) atoms. The molecule has 1 aromatic heterocycles. The van der Waals surface area contributed by atoms with Gasteiger partial charge < -0.3 is 14.3 Å². The van der Waals surface area contributed by atoms with Gasteiger partial charge >= 0.3 is 5.97 Å². The number of aliphatic hydroxyl groups is 1. The number of hydrogen-bond donors (Lipinski definition) is 1. The molecule has 3 fully saturated rings. The van der Waals surface area contributed by atoms with Crippen molar-refractivity contribution in [3.63, 3.8) is 0 Å². The second kappa shape index (κ2) is 7.79. The van der Waals surface area contributed by atoms with Gasteiger partial charge in [-0.3, -0.25) is 0 Å². The predicted octanol–water partition coefficient (Wildman–Crippen LogP) is 4.89. The first-order valence-corrected chi connectivity index (χ1v) is 12.9. The van der Waals surface area contributed by atoms with Crippen LogP contribution in [0, 0.1) is 0 Å². The molecule has 1 N–H and O–H groups in total. The van der Waals surface area contributed by atoms with Crippen LogP contribution < -0.4 is 0 Å². The summed E-state index contributed by atoms with van der Waals surface area (Å²) in [6.45, 7) is 4.38. The minimum absolute atomic E-state index is 0.437. The van der Waals surface area contributed by atoms with Gasteiger partial charge in [0.25, 0.3) is 0 Å². The normalized spacial score (nSPS) is 26.6. The van der Waals surface area contributed by atoms with E-state index in [4.69, 9.17) is 4.74 Å². The molecule has 3 aromatic rings. The van der Waals surface area contributed by atoms with E-state index in [1.54, 1.807) is 0 Å². The van der Waals surface area contributed by atoms with Crippen molar-refractivity contribution in [2.45, 2.75) is 43.3 Å². The number of rotatable bonds is 6. The molecule has 4 heterocycles. The quantitative estimate of drug-likeness (QED) is 0.421. The molecule has 0 radical (unpaired) electrons. The predicted molar refractivity (Wildman–Crippen MR) is 130 cm³/mol. The summed E-state index contributed by atoms with van der Waals surface area (Å²) in [5, 5.41) is 14.0. The first kappa shape index (κ1) is 21.1. The summed E-state index contributed by atoms with van der Waals surface area (Å²) >= 11 is 1.85. The molecule has 4 aliphatic rings. The van der Waals surface area contributed by atoms with Crippen LogP contribution in [0.5, 0.6) is 0 Å². The molecule has 5 heteroatoms. The van der Waals surface area contributed by atoms with Crippen molar-refractivity contribution in [3.05, 3.63) is 82.0 Å². The topological polar surface area (TPSA) is 46.5 Å². The summed E-state index contributed by atoms with van der Waals surface area (Å²) in [6, 6.07) is 19.7. The van der Waals surface area contributed by atoms with Crippen LogP contribution in [0.15, 0.2) is 66.0 Å². The molecule has 0 atom stereocenters. The van der Waals surface area contributed by atoms with Gasteiger partial charge in [-0.25, -0.2) is 4.79 Å². The lowest BCUT2D eigenvalue weighted by atomic mass is 9.80. The molecule has 0 unspecified atom stereocenters. The average Bonchev–Trinajstić information content (AvgIpc) is 3.46. The van der Waals surface area contributed by atoms with Gasteiger partial charge in [-0.05, 0) is 29.0 Å². The van der Waals surface area contributed by atoms with Gasteiger partial charge in [0.2, 0.25) is 5.60 Å². The van der Waals surface area contributed by atoms with Crippen molar-refractivity contribution < 1.29 is 19.1 Å². The molecule has 0 amide bonds. The van der Waals surface area contributed by atoms with E-state index in [2.05, 4.69) is 17.5 Å². The molecule has 4 nitrogen and oxygen atoms in total. The fourth-order valence-corrected chi connectivity index (χ4v) is 7.02. The van der Waals surface area contributed by atoms with E-state index < -0.39 is 17.2 Å². The zero-order chi connectivity index (χ0) is 22.5. The molecule has 2 aromatic carbocycles. The van der Waals surface area contributed by atoms with E-state index in [1.165, 1.54) is 17.8 Å². The van der Waals surface area contributed by atoms with Gasteiger partial charge in [-0.1, -0.05) is 54.6 Å². The Labute approximate surface area is 199 Å². The average molecular weight is 461 g/mol. The van der Waals surface area contributed by atoms with E-state index in [9.17, 15) is 9.90 Å². The largest absolute Gasteiger partial charge is 0.456 e. The maximum atomic E-state index is 13.6. The monoisotopic (exact) mass is 460 g/mol. The Kier molecular flexibility index (Phi) is 4.98. The summed E-state index contributed by atoms with van der Waals surface area (Å²) < 4.78 is 7.43. The number of quaternary nitrogens is 1. The number of fused-ring (bicyclic) bond motifs is 6. The summed E-state index contributed by atoms with van der Waals surface area (Å²) in [5.41, 5.74) is 0.935. The SMILES string of the molecule is O=C(OC12CC[N+](CCCc3cccs3)(CC1)CC2)C1(O)c2ccccc2-c2ccccc21. The number of esters is 1. The van der Waals surface area contributed by atoms with Crippen LogP contribution in [0.3, 0.4) is 0 Å². The number of carbonyl (C=O) groups is 1. The fourth-order valence-electron chi connectivity index (χ4n) is 6.27. The lowest BCUT2D eigenvalue weighted by Gasteiger charge is -2.54. The molecule has 3 aliphatic heterocycles. The summed E-state index contributed by atoms with van der Waals surface area (Å²) in [7, 11) is 0. The molecule has 2 bridgehead atoms. The zero-order valence-electron chi connectivity index (χ0n) is 18.8. The second-order valence-electron chi connectivity index (χ2n) is 10.0. The van der Waals surface area contributed by atoms with Gasteiger partial charge in [0.05, 0.1) is 26.2 Å². The Hall–Kier alpha value is -2.47. The first-order chi connectivity index (χ1) is 16.0. The van der Waals surface area contributed by atoms with Gasteiger partial charge in [0.15, 0.2) is 0 Å². The number of thiophene rings is 1. The van der Waals surface area contributed by atoms with Crippen LogP contribution in [0.4, 0.5) is 0 Å². The minimum atomic E-state index is -1.73. The van der Waals surface area contributed by atoms with Crippen LogP contribution in [0.1, 0.15) is 41.7 Å². The van der Waals surface area contributed by atoms with Crippen molar-refractivity contribution in [2.75, 3.05) is 26.2 Å². The number of piperidine rings is 3. The summed E-state index contributed by atoms with van der Waals surface area (Å²) in [4.78, 5) is 15.1. The van der Waals surface area contributed by atoms with Gasteiger partial charge in [0, 0.05) is 41.7 Å². The highest BCUT2D eigenvalue weighted by atomic mass is 32.1. The van der Waals surface area contributed by atoms with Crippen molar-refractivity contribution in [3.8, 4) is 11.1 Å². The molecule has 1 aliphatic carbocycles. The van der Waals surface area contributed by atoms with E-state index in [1.807, 2.05) is 59.9 Å². The van der Waals surface area contributed by atoms with Crippen LogP contribution in [0.2, 0.25) is 0 Å². The minimum Gasteiger partial charge on any atom is -0.456 e. The van der Waals surface area contributed by atoms with Crippen LogP contribution >= 0.6 is 11.3 Å². The van der Waals surface area contributed by atoms with Gasteiger partial charge in [-0.15, -0.1) is 11.3 Å². The third kappa shape index (κ3) is 3.37. The van der Waals surface area contributed by atoms with Gasteiger partial charge in [-0.2, -0.15) is 0 Å². The van der Waals surface area contributed by atoms with Crippen molar-refractivity contribution in [1.82, 2.24) is 0 Å². The molecule has 3 saturated heterocycles. The zero-order valence-corrected chi connectivity index (χ0v) is 19.7. The van der Waals surface area contributed by atoms with Crippen molar-refractivity contribution in [2.24, 2.45) is 0 Å². The number of hydrogen-bond acceptors (Lipinski definition) is 4. The Morgan fingerprint density at radius 2 is 1.52 bits per heavy atom. The highest BCUT2D eigenvalue weighted by Gasteiger charge is 2.55. The first-order valence-electron chi connectivity index (χ1n) is 12.1. The third-order valence-electron chi connectivity index (χ3n) is 8.29. The van der Waals surface area contributed by atoms with Crippen LogP contribution in [-0.4, -0.2) is 47.3 Å². The van der Waals surface area contributed by atoms with E-state index in [0.29, 0.717) is 11.1 Å². The van der Waals surface area contributed by atoms with E-state index >= 15 is 0 Å². The molecule has 0 saturated carbocycles. The standard InChI is InChI=1S/C28H30NO3S/c30-26(28(31)24-11-3-1-9-22(24)23-10-2-4-12-25(23)28)32-27-13-17-29(18-14-27,19-15-27)16-5-7-21-8-6-20-33-21/h1-4,6,8-12,20,31H,5,7,13-19H2/q+1. The maximum absolute atomic E-state index is 13.6. The molecular formula is C28H30NO3S+. The lowest BCUT2D eigenvalue weighted by molar-refractivity contribution is -0.944. The highest BCUT2D eigenvalue weighted by molar-refractivity contribution is 7.09. The Morgan fingerprint density at radius 1 is 0.909 bits per heavy atom. The van der Waals surface area contributed by atoms with Crippen LogP contribution in [-0.2, 0) is 21.6 Å². The molecule has 170 valence electrons. The van der Waals surface area contributed by atoms with E-state index in [-0.39, 0.29) is 0 Å².